The summed E-state index contributed by atoms with van der Waals surface area (Å²) in [5.41, 5.74) is 2.85. The van der Waals surface area contributed by atoms with Gasteiger partial charge in [-0.2, -0.15) is 0 Å². The van der Waals surface area contributed by atoms with Crippen molar-refractivity contribution in [2.75, 3.05) is 14.2 Å². The van der Waals surface area contributed by atoms with Gasteiger partial charge in [0.25, 0.3) is 0 Å². The van der Waals surface area contributed by atoms with Crippen molar-refractivity contribution < 1.29 is 9.47 Å². The molecule has 1 rings (SSSR count). The molecule has 68 valence electrons. The topological polar surface area (TPSA) is 18.5 Å². The summed E-state index contributed by atoms with van der Waals surface area (Å²) in [6.45, 7) is 2.56. The van der Waals surface area contributed by atoms with E-state index in [1.165, 1.54) is 0 Å². The Labute approximate surface area is 80.3 Å². The molecular weight excluding hydrogens is 163 g/mol. The maximum absolute atomic E-state index is 5.70. The molecule has 0 heterocycles. The van der Waals surface area contributed by atoms with Crippen molar-refractivity contribution in [3.8, 4) is 5.75 Å². The summed E-state index contributed by atoms with van der Waals surface area (Å²) in [7, 11) is 9.00. The number of rotatable bonds is 3. The lowest BCUT2D eigenvalue weighted by molar-refractivity contribution is 0.184. The van der Waals surface area contributed by atoms with Crippen molar-refractivity contribution in [1.82, 2.24) is 0 Å². The highest BCUT2D eigenvalue weighted by Gasteiger charge is 2.04. The van der Waals surface area contributed by atoms with E-state index in [4.69, 9.17) is 17.3 Å². The first-order valence-corrected chi connectivity index (χ1v) is 4.11. The van der Waals surface area contributed by atoms with Gasteiger partial charge < -0.3 is 9.47 Å². The minimum absolute atomic E-state index is 0.563. The van der Waals surface area contributed by atoms with Crippen LogP contribution in [0.3, 0.4) is 0 Å². The van der Waals surface area contributed by atoms with Crippen LogP contribution >= 0.6 is 0 Å². The minimum atomic E-state index is 0.563. The van der Waals surface area contributed by atoms with Crippen LogP contribution in [-0.4, -0.2) is 22.1 Å². The lowest BCUT2D eigenvalue weighted by Crippen LogP contribution is -2.07. The SMILES string of the molecule is [B]c1cc(COC)c(C)c(OC)c1. The molecule has 0 aliphatic carbocycles. The molecule has 0 aromatic heterocycles. The first kappa shape index (κ1) is 10.1. The third-order valence-electron chi connectivity index (χ3n) is 2.01. The smallest absolute Gasteiger partial charge is 0.121 e. The van der Waals surface area contributed by atoms with Crippen LogP contribution in [0.25, 0.3) is 0 Å². The fourth-order valence-electron chi connectivity index (χ4n) is 1.29. The van der Waals surface area contributed by atoms with Gasteiger partial charge in [-0.3, -0.25) is 0 Å². The molecule has 1 aromatic carbocycles. The highest BCUT2D eigenvalue weighted by atomic mass is 16.5. The molecule has 1 aromatic rings. The Bertz CT molecular complexity index is 297. The zero-order valence-electron chi connectivity index (χ0n) is 8.26. The van der Waals surface area contributed by atoms with Gasteiger partial charge in [0.15, 0.2) is 0 Å². The zero-order valence-corrected chi connectivity index (χ0v) is 8.26. The second kappa shape index (κ2) is 4.33. The van der Waals surface area contributed by atoms with E-state index in [-0.39, 0.29) is 0 Å². The molecule has 0 bridgehead atoms. The average molecular weight is 176 g/mol. The van der Waals surface area contributed by atoms with E-state index >= 15 is 0 Å². The zero-order chi connectivity index (χ0) is 9.84. The first-order chi connectivity index (χ1) is 6.19. The third kappa shape index (κ3) is 2.25. The number of benzene rings is 1. The number of ether oxygens (including phenoxy) is 2. The van der Waals surface area contributed by atoms with Gasteiger partial charge in [0.05, 0.1) is 13.7 Å². The van der Waals surface area contributed by atoms with Gasteiger partial charge in [-0.25, -0.2) is 0 Å². The van der Waals surface area contributed by atoms with E-state index in [0.717, 1.165) is 16.9 Å². The Morgan fingerprint density at radius 3 is 2.54 bits per heavy atom. The highest BCUT2D eigenvalue weighted by Crippen LogP contribution is 2.19. The maximum atomic E-state index is 5.70. The molecule has 0 aliphatic heterocycles. The van der Waals surface area contributed by atoms with E-state index in [9.17, 15) is 0 Å². The molecule has 0 spiro atoms. The van der Waals surface area contributed by atoms with Crippen molar-refractivity contribution in [3.05, 3.63) is 23.3 Å². The van der Waals surface area contributed by atoms with Crippen LogP contribution in [0.5, 0.6) is 5.75 Å². The Morgan fingerprint density at radius 1 is 1.31 bits per heavy atom. The molecule has 0 fully saturated rings. The van der Waals surface area contributed by atoms with E-state index in [2.05, 4.69) is 0 Å². The quantitative estimate of drug-likeness (QED) is 0.638. The van der Waals surface area contributed by atoms with Crippen LogP contribution in [0.15, 0.2) is 12.1 Å². The van der Waals surface area contributed by atoms with Crippen LogP contribution in [0.4, 0.5) is 0 Å². The fourth-order valence-corrected chi connectivity index (χ4v) is 1.29. The van der Waals surface area contributed by atoms with E-state index in [1.807, 2.05) is 19.1 Å². The van der Waals surface area contributed by atoms with Crippen molar-refractivity contribution >= 4 is 13.3 Å². The summed E-state index contributed by atoms with van der Waals surface area (Å²) >= 11 is 0. The standard InChI is InChI=1S/C10H13BO2/c1-7-8(6-12-2)4-9(11)5-10(7)13-3/h4-5H,6H2,1-3H3. The second-order valence-corrected chi connectivity index (χ2v) is 2.94. The van der Waals surface area contributed by atoms with Gasteiger partial charge in [-0.15, -0.1) is 0 Å². The van der Waals surface area contributed by atoms with Gasteiger partial charge in [-0.1, -0.05) is 11.5 Å². The Balaban J connectivity index is 3.11. The normalized spacial score (nSPS) is 10.1. The molecule has 0 amide bonds. The largest absolute Gasteiger partial charge is 0.496 e. The summed E-state index contributed by atoms with van der Waals surface area (Å²) in [6, 6.07) is 3.72. The number of methoxy groups -OCH3 is 2. The van der Waals surface area contributed by atoms with Gasteiger partial charge in [0, 0.05) is 7.11 Å². The molecule has 13 heavy (non-hydrogen) atoms. The van der Waals surface area contributed by atoms with Crippen molar-refractivity contribution in [3.63, 3.8) is 0 Å². The monoisotopic (exact) mass is 176 g/mol. The van der Waals surface area contributed by atoms with Crippen molar-refractivity contribution in [2.24, 2.45) is 0 Å². The van der Waals surface area contributed by atoms with Crippen LogP contribution < -0.4 is 10.2 Å². The van der Waals surface area contributed by atoms with Gasteiger partial charge in [0.2, 0.25) is 0 Å². The van der Waals surface area contributed by atoms with Gasteiger partial charge in [-0.05, 0) is 24.1 Å². The summed E-state index contributed by atoms with van der Waals surface area (Å²) < 4.78 is 10.2. The predicted molar refractivity (Wildman–Crippen MR) is 53.8 cm³/mol. The highest BCUT2D eigenvalue weighted by molar-refractivity contribution is 6.32. The number of hydrogen-bond donors (Lipinski definition) is 0. The lowest BCUT2D eigenvalue weighted by Gasteiger charge is -2.11. The van der Waals surface area contributed by atoms with Crippen LogP contribution in [-0.2, 0) is 11.3 Å². The summed E-state index contributed by atoms with van der Waals surface area (Å²) in [5, 5.41) is 0. The number of hydrogen-bond acceptors (Lipinski definition) is 2. The molecule has 0 aliphatic rings. The fraction of sp³-hybridized carbons (Fsp3) is 0.400. The predicted octanol–water partition coefficient (Wildman–Crippen LogP) is 0.944. The van der Waals surface area contributed by atoms with Crippen molar-refractivity contribution in [1.29, 1.82) is 0 Å². The van der Waals surface area contributed by atoms with Crippen molar-refractivity contribution in [2.45, 2.75) is 13.5 Å². The van der Waals surface area contributed by atoms with Gasteiger partial charge >= 0.3 is 0 Å². The molecule has 0 saturated heterocycles. The van der Waals surface area contributed by atoms with E-state index < -0.39 is 0 Å². The molecular formula is C10H13BO2. The summed E-state index contributed by atoms with van der Waals surface area (Å²) in [5.74, 6) is 0.812. The maximum Gasteiger partial charge on any atom is 0.121 e. The lowest BCUT2D eigenvalue weighted by atomic mass is 9.92. The molecule has 2 radical (unpaired) electrons. The van der Waals surface area contributed by atoms with Crippen LogP contribution in [0.2, 0.25) is 0 Å². The molecule has 0 saturated carbocycles. The average Bonchev–Trinajstić information content (AvgIpc) is 2.11. The molecule has 0 unspecified atom stereocenters. The third-order valence-corrected chi connectivity index (χ3v) is 2.01. The van der Waals surface area contributed by atoms with E-state index in [1.54, 1.807) is 14.2 Å². The van der Waals surface area contributed by atoms with E-state index in [0.29, 0.717) is 12.1 Å². The summed E-state index contributed by atoms with van der Waals surface area (Å²) in [6.07, 6.45) is 0. The van der Waals surface area contributed by atoms with Crippen LogP contribution in [0, 0.1) is 6.92 Å². The Hall–Kier alpha value is -0.955. The van der Waals surface area contributed by atoms with Gasteiger partial charge in [0.1, 0.15) is 13.6 Å². The molecule has 2 nitrogen and oxygen atoms in total. The molecule has 0 N–H and O–H groups in total. The minimum Gasteiger partial charge on any atom is -0.496 e. The van der Waals surface area contributed by atoms with Crippen LogP contribution in [0.1, 0.15) is 11.1 Å². The Morgan fingerprint density at radius 2 is 2.00 bits per heavy atom. The first-order valence-electron chi connectivity index (χ1n) is 4.11. The Kier molecular flexibility index (Phi) is 3.37. The summed E-state index contributed by atoms with van der Waals surface area (Å²) in [4.78, 5) is 0. The molecule has 3 heteroatoms. The molecule has 0 atom stereocenters. The second-order valence-electron chi connectivity index (χ2n) is 2.94.